The Morgan fingerprint density at radius 2 is 1.87 bits per heavy atom. The largest absolute Gasteiger partial charge is 0.481 e. The van der Waals surface area contributed by atoms with Gasteiger partial charge in [0.1, 0.15) is 11.6 Å². The Bertz CT molecular complexity index is 1080. The lowest BCUT2D eigenvalue weighted by Crippen LogP contribution is -2.20. The van der Waals surface area contributed by atoms with Gasteiger partial charge in [0, 0.05) is 36.3 Å². The van der Waals surface area contributed by atoms with Crippen LogP contribution >= 0.6 is 0 Å². The third kappa shape index (κ3) is 4.84. The minimum Gasteiger partial charge on any atom is -0.481 e. The Morgan fingerprint density at radius 1 is 1.10 bits per heavy atom. The molecule has 1 amide bonds. The maximum atomic E-state index is 12.9. The molecule has 0 saturated heterocycles. The number of para-hydroxylation sites is 1. The van der Waals surface area contributed by atoms with Crippen molar-refractivity contribution < 1.29 is 23.5 Å². The maximum Gasteiger partial charge on any atom is 0.307 e. The fourth-order valence-electron chi connectivity index (χ4n) is 3.81. The number of carbonyl (C=O) groups is 2. The molecule has 0 radical (unpaired) electrons. The second-order valence-electron chi connectivity index (χ2n) is 7.21. The fraction of sp³-hybridized carbons (Fsp3) is 0.304. The Balaban J connectivity index is 0.000000178. The summed E-state index contributed by atoms with van der Waals surface area (Å²) in [6.07, 6.45) is 3.45. The van der Waals surface area contributed by atoms with E-state index in [-0.39, 0.29) is 24.3 Å². The Kier molecular flexibility index (Phi) is 6.82. The van der Waals surface area contributed by atoms with Crippen molar-refractivity contribution in [3.05, 3.63) is 70.9 Å². The molecule has 0 spiro atoms. The Labute approximate surface area is 173 Å². The highest BCUT2D eigenvalue weighted by molar-refractivity contribution is 5.89. The van der Waals surface area contributed by atoms with Gasteiger partial charge in [0.15, 0.2) is 0 Å². The van der Waals surface area contributed by atoms with E-state index in [1.54, 1.807) is 0 Å². The van der Waals surface area contributed by atoms with Crippen molar-refractivity contribution in [3.63, 3.8) is 0 Å². The lowest BCUT2D eigenvalue weighted by molar-refractivity contribution is -0.136. The van der Waals surface area contributed by atoms with Gasteiger partial charge in [-0.25, -0.2) is 8.78 Å². The third-order valence-corrected chi connectivity index (χ3v) is 5.21. The van der Waals surface area contributed by atoms with Gasteiger partial charge in [-0.15, -0.1) is 0 Å². The van der Waals surface area contributed by atoms with Crippen molar-refractivity contribution in [2.45, 2.75) is 38.6 Å². The molecule has 0 aliphatic carbocycles. The Hall–Kier alpha value is -3.22. The molecule has 5 nitrogen and oxygen atoms in total. The van der Waals surface area contributed by atoms with Gasteiger partial charge in [0.05, 0.1) is 12.8 Å². The van der Waals surface area contributed by atoms with E-state index in [9.17, 15) is 18.4 Å². The molecule has 2 heterocycles. The minimum atomic E-state index is -0.741. The van der Waals surface area contributed by atoms with Gasteiger partial charge in [-0.3, -0.25) is 9.59 Å². The molecule has 1 aliphatic rings. The first-order valence-electron chi connectivity index (χ1n) is 9.86. The number of aliphatic carboxylic acids is 1. The molecule has 0 saturated carbocycles. The molecule has 0 bridgehead atoms. The second-order valence-corrected chi connectivity index (χ2v) is 7.21. The predicted molar refractivity (Wildman–Crippen MR) is 110 cm³/mol. The van der Waals surface area contributed by atoms with Crippen molar-refractivity contribution >= 4 is 22.8 Å². The number of hydrogen-bond acceptors (Lipinski definition) is 2. The number of hydrogen-bond donors (Lipinski definition) is 2. The van der Waals surface area contributed by atoms with E-state index in [0.717, 1.165) is 36.0 Å². The molecule has 0 fully saturated rings. The molecular formula is C23H24F2N2O3. The van der Waals surface area contributed by atoms with Crippen LogP contribution < -0.4 is 5.32 Å². The molecule has 4 rings (SSSR count). The van der Waals surface area contributed by atoms with Gasteiger partial charge >= 0.3 is 5.97 Å². The topological polar surface area (TPSA) is 71.3 Å². The molecule has 3 aromatic rings. The number of carboxylic acid groups (broad SMARTS) is 1. The van der Waals surface area contributed by atoms with Crippen LogP contribution in [0.3, 0.4) is 0 Å². The number of nitrogens with one attached hydrogen (secondary N) is 1. The molecular weight excluding hydrogens is 390 g/mol. The summed E-state index contributed by atoms with van der Waals surface area (Å²) in [6.45, 7) is 1.02. The van der Waals surface area contributed by atoms with Crippen molar-refractivity contribution in [2.75, 3.05) is 7.05 Å². The molecule has 30 heavy (non-hydrogen) atoms. The molecule has 1 aromatic heterocycles. The average molecular weight is 414 g/mol. The number of aromatic nitrogens is 1. The number of nitrogens with zero attached hydrogens (tertiary/aromatic N) is 1. The number of benzene rings is 2. The monoisotopic (exact) mass is 414 g/mol. The number of rotatable bonds is 4. The summed E-state index contributed by atoms with van der Waals surface area (Å²) in [5, 5.41) is 12.5. The average Bonchev–Trinajstić information content (AvgIpc) is 3.04. The van der Waals surface area contributed by atoms with Gasteiger partial charge < -0.3 is 15.0 Å². The number of aryl methyl sites for hydroxylation is 1. The fourth-order valence-corrected chi connectivity index (χ4v) is 3.81. The summed E-state index contributed by atoms with van der Waals surface area (Å²) in [6, 6.07) is 11.3. The summed E-state index contributed by atoms with van der Waals surface area (Å²) >= 11 is 0. The number of fused-ring (bicyclic) bond motifs is 3. The van der Waals surface area contributed by atoms with E-state index in [2.05, 4.69) is 16.0 Å². The standard InChI is InChI=1S/C14H15NO2.C9H9F2NO/c16-14(17)9-11-10-5-1-2-6-12(10)15-8-4-3-7-13(11)15;1-12-9(13)4-6-2-3-7(10)5-8(6)11/h1-2,5-6H,3-4,7-9H2,(H,16,17);2-3,5H,4H2,1H3,(H,12,13). The van der Waals surface area contributed by atoms with Crippen LogP contribution in [0.15, 0.2) is 42.5 Å². The highest BCUT2D eigenvalue weighted by atomic mass is 19.1. The summed E-state index contributed by atoms with van der Waals surface area (Å²) in [7, 11) is 1.46. The van der Waals surface area contributed by atoms with Crippen molar-refractivity contribution in [1.82, 2.24) is 9.88 Å². The number of likely N-dealkylation sites (N-methyl/N-ethyl adjacent to an activating group) is 1. The van der Waals surface area contributed by atoms with E-state index in [1.165, 1.54) is 37.2 Å². The normalized spacial score (nSPS) is 12.6. The van der Waals surface area contributed by atoms with Gasteiger partial charge in [-0.1, -0.05) is 24.3 Å². The number of amides is 1. The van der Waals surface area contributed by atoms with E-state index in [1.807, 2.05) is 18.2 Å². The SMILES string of the molecule is CNC(=O)Cc1ccc(F)cc1F.O=C(O)Cc1c2n(c3ccccc13)CCCC2. The highest BCUT2D eigenvalue weighted by Gasteiger charge is 2.20. The quantitative estimate of drug-likeness (QED) is 0.681. The van der Waals surface area contributed by atoms with Crippen LogP contribution in [0.2, 0.25) is 0 Å². The number of halogens is 2. The molecule has 1 aliphatic heterocycles. The van der Waals surface area contributed by atoms with Crippen LogP contribution in [-0.4, -0.2) is 28.6 Å². The van der Waals surface area contributed by atoms with Gasteiger partial charge in [0.2, 0.25) is 5.91 Å². The lowest BCUT2D eigenvalue weighted by Gasteiger charge is -2.16. The van der Waals surface area contributed by atoms with Gasteiger partial charge in [-0.05, 0) is 42.5 Å². The van der Waals surface area contributed by atoms with Gasteiger partial charge in [0.25, 0.3) is 0 Å². The first kappa shape index (κ1) is 21.5. The molecule has 0 atom stereocenters. The van der Waals surface area contributed by atoms with Gasteiger partial charge in [-0.2, -0.15) is 0 Å². The van der Waals surface area contributed by atoms with Crippen LogP contribution in [0.5, 0.6) is 0 Å². The second kappa shape index (κ2) is 9.52. The van der Waals surface area contributed by atoms with Crippen LogP contribution in [0.1, 0.15) is 29.7 Å². The van der Waals surface area contributed by atoms with Crippen LogP contribution in [0, 0.1) is 11.6 Å². The smallest absolute Gasteiger partial charge is 0.307 e. The van der Waals surface area contributed by atoms with Crippen molar-refractivity contribution in [3.8, 4) is 0 Å². The van der Waals surface area contributed by atoms with Crippen LogP contribution in [0.25, 0.3) is 10.9 Å². The predicted octanol–water partition coefficient (Wildman–Crippen LogP) is 3.86. The summed E-state index contributed by atoms with van der Waals surface area (Å²) in [5.74, 6) is -2.37. The third-order valence-electron chi connectivity index (χ3n) is 5.21. The minimum absolute atomic E-state index is 0.0669. The summed E-state index contributed by atoms with van der Waals surface area (Å²) < 4.78 is 27.7. The number of carboxylic acids is 1. The molecule has 158 valence electrons. The molecule has 0 unspecified atom stereocenters. The Morgan fingerprint density at radius 3 is 2.57 bits per heavy atom. The van der Waals surface area contributed by atoms with E-state index >= 15 is 0 Å². The zero-order valence-corrected chi connectivity index (χ0v) is 16.8. The molecule has 2 N–H and O–H groups in total. The lowest BCUT2D eigenvalue weighted by atomic mass is 10.0. The van der Waals surface area contributed by atoms with E-state index in [4.69, 9.17) is 5.11 Å². The van der Waals surface area contributed by atoms with Crippen molar-refractivity contribution in [1.29, 1.82) is 0 Å². The van der Waals surface area contributed by atoms with Crippen LogP contribution in [0.4, 0.5) is 8.78 Å². The highest BCUT2D eigenvalue weighted by Crippen LogP contribution is 2.30. The first-order valence-corrected chi connectivity index (χ1v) is 9.86. The molecule has 7 heteroatoms. The van der Waals surface area contributed by atoms with E-state index < -0.39 is 17.6 Å². The van der Waals surface area contributed by atoms with Crippen molar-refractivity contribution in [2.24, 2.45) is 0 Å². The number of carbonyl (C=O) groups excluding carboxylic acids is 1. The zero-order chi connectivity index (χ0) is 21.7. The summed E-state index contributed by atoms with van der Waals surface area (Å²) in [4.78, 5) is 21.8. The first-order chi connectivity index (χ1) is 14.4. The zero-order valence-electron chi connectivity index (χ0n) is 16.8. The summed E-state index contributed by atoms with van der Waals surface area (Å²) in [5.41, 5.74) is 3.65. The van der Waals surface area contributed by atoms with Crippen LogP contribution in [-0.2, 0) is 35.4 Å². The maximum absolute atomic E-state index is 12.9. The van der Waals surface area contributed by atoms with E-state index in [0.29, 0.717) is 0 Å². The molecule has 2 aromatic carbocycles.